The smallest absolute Gasteiger partial charge is 0.126 e. The molecule has 2 aromatic rings. The summed E-state index contributed by atoms with van der Waals surface area (Å²) in [5.41, 5.74) is 8.58. The van der Waals surface area contributed by atoms with Crippen molar-refractivity contribution in [1.29, 1.82) is 0 Å². The van der Waals surface area contributed by atoms with E-state index in [1.165, 1.54) is 12.1 Å². The summed E-state index contributed by atoms with van der Waals surface area (Å²) in [6, 6.07) is 12.2. The van der Waals surface area contributed by atoms with Gasteiger partial charge in [-0.2, -0.15) is 0 Å². The molecular formula is C15H16FNO. The highest BCUT2D eigenvalue weighted by molar-refractivity contribution is 5.46. The summed E-state index contributed by atoms with van der Waals surface area (Å²) in [6.07, 6.45) is 0.711. The highest BCUT2D eigenvalue weighted by atomic mass is 19.1. The maximum Gasteiger partial charge on any atom is 0.126 e. The number of hydrogen-bond donors (Lipinski definition) is 1. The van der Waals surface area contributed by atoms with Gasteiger partial charge in [-0.1, -0.05) is 24.3 Å². The van der Waals surface area contributed by atoms with Gasteiger partial charge >= 0.3 is 0 Å². The van der Waals surface area contributed by atoms with Gasteiger partial charge in [-0.25, -0.2) is 4.39 Å². The van der Waals surface area contributed by atoms with Crippen LogP contribution in [-0.4, -0.2) is 6.61 Å². The highest BCUT2D eigenvalue weighted by Crippen LogP contribution is 2.19. The number of nitrogens with two attached hydrogens (primary N) is 1. The van der Waals surface area contributed by atoms with E-state index in [2.05, 4.69) is 0 Å². The third-order valence-electron chi connectivity index (χ3n) is 2.83. The summed E-state index contributed by atoms with van der Waals surface area (Å²) in [5, 5.41) is 0. The Morgan fingerprint density at radius 3 is 2.72 bits per heavy atom. The lowest BCUT2D eigenvalue weighted by atomic mass is 10.1. The molecule has 2 rings (SSSR count). The second-order valence-corrected chi connectivity index (χ2v) is 4.21. The first-order valence-electron chi connectivity index (χ1n) is 5.89. The van der Waals surface area contributed by atoms with Crippen molar-refractivity contribution in [3.63, 3.8) is 0 Å². The molecule has 18 heavy (non-hydrogen) atoms. The fraction of sp³-hybridized carbons (Fsp3) is 0.200. The Hall–Kier alpha value is -2.03. The average molecular weight is 245 g/mol. The molecule has 0 aromatic heterocycles. The molecule has 3 heteroatoms. The van der Waals surface area contributed by atoms with Crippen LogP contribution in [-0.2, 0) is 6.42 Å². The first kappa shape index (κ1) is 12.4. The summed E-state index contributed by atoms with van der Waals surface area (Å²) in [5.74, 6) is 0.305. The number of hydrogen-bond acceptors (Lipinski definition) is 2. The van der Waals surface area contributed by atoms with Gasteiger partial charge in [-0.3, -0.25) is 0 Å². The molecule has 0 saturated carbocycles. The number of halogens is 1. The van der Waals surface area contributed by atoms with Crippen LogP contribution >= 0.6 is 0 Å². The molecule has 2 nitrogen and oxygen atoms in total. The van der Waals surface area contributed by atoms with Crippen LogP contribution in [0, 0.1) is 12.7 Å². The number of anilines is 1. The standard InChI is InChI=1S/C15H16FNO/c1-11-6-7-13(16)10-15(11)18-9-8-12-4-2-3-5-14(12)17/h2-7,10H,8-9,17H2,1H3. The Labute approximate surface area is 106 Å². The molecule has 2 N–H and O–H groups in total. The van der Waals surface area contributed by atoms with Gasteiger partial charge in [0.25, 0.3) is 0 Å². The number of nitrogen functional groups attached to an aromatic ring is 1. The van der Waals surface area contributed by atoms with Crippen molar-refractivity contribution in [2.45, 2.75) is 13.3 Å². The summed E-state index contributed by atoms with van der Waals surface area (Å²) in [7, 11) is 0. The normalized spacial score (nSPS) is 10.3. The Kier molecular flexibility index (Phi) is 3.82. The van der Waals surface area contributed by atoms with Crippen LogP contribution in [0.5, 0.6) is 5.75 Å². The molecule has 0 aliphatic heterocycles. The molecule has 0 radical (unpaired) electrons. The van der Waals surface area contributed by atoms with Crippen LogP contribution in [0.3, 0.4) is 0 Å². The van der Waals surface area contributed by atoms with E-state index in [1.807, 2.05) is 31.2 Å². The van der Waals surface area contributed by atoms with Gasteiger partial charge < -0.3 is 10.5 Å². The number of rotatable bonds is 4. The SMILES string of the molecule is Cc1ccc(F)cc1OCCc1ccccc1N. The summed E-state index contributed by atoms with van der Waals surface area (Å²) < 4.78 is 18.6. The molecule has 94 valence electrons. The van der Waals surface area contributed by atoms with E-state index in [1.54, 1.807) is 6.07 Å². The van der Waals surface area contributed by atoms with Crippen LogP contribution in [0.2, 0.25) is 0 Å². The summed E-state index contributed by atoms with van der Waals surface area (Å²) >= 11 is 0. The number of aryl methyl sites for hydroxylation is 1. The maximum atomic E-state index is 13.1. The largest absolute Gasteiger partial charge is 0.493 e. The quantitative estimate of drug-likeness (QED) is 0.838. The monoisotopic (exact) mass is 245 g/mol. The van der Waals surface area contributed by atoms with Crippen molar-refractivity contribution in [2.75, 3.05) is 12.3 Å². The van der Waals surface area contributed by atoms with Gasteiger partial charge in [0.2, 0.25) is 0 Å². The minimum absolute atomic E-state index is 0.283. The zero-order chi connectivity index (χ0) is 13.0. The topological polar surface area (TPSA) is 35.2 Å². The summed E-state index contributed by atoms with van der Waals surface area (Å²) in [4.78, 5) is 0. The highest BCUT2D eigenvalue weighted by Gasteiger charge is 2.03. The van der Waals surface area contributed by atoms with E-state index in [0.717, 1.165) is 16.8 Å². The van der Waals surface area contributed by atoms with Gasteiger partial charge in [0.05, 0.1) is 6.61 Å². The molecule has 0 heterocycles. The predicted molar refractivity (Wildman–Crippen MR) is 71.2 cm³/mol. The minimum Gasteiger partial charge on any atom is -0.493 e. The molecule has 0 aliphatic rings. The molecule has 0 saturated heterocycles. The van der Waals surface area contributed by atoms with E-state index in [4.69, 9.17) is 10.5 Å². The maximum absolute atomic E-state index is 13.1. The second-order valence-electron chi connectivity index (χ2n) is 4.21. The first-order chi connectivity index (χ1) is 8.66. The van der Waals surface area contributed by atoms with E-state index < -0.39 is 0 Å². The molecule has 0 amide bonds. The zero-order valence-corrected chi connectivity index (χ0v) is 10.3. The van der Waals surface area contributed by atoms with Crippen molar-refractivity contribution in [2.24, 2.45) is 0 Å². The van der Waals surface area contributed by atoms with E-state index in [-0.39, 0.29) is 5.82 Å². The Balaban J connectivity index is 1.96. The predicted octanol–water partition coefficient (Wildman–Crippen LogP) is 3.34. The Morgan fingerprint density at radius 2 is 1.94 bits per heavy atom. The van der Waals surface area contributed by atoms with Crippen molar-refractivity contribution in [1.82, 2.24) is 0 Å². The Morgan fingerprint density at radius 1 is 1.17 bits per heavy atom. The van der Waals surface area contributed by atoms with Crippen LogP contribution in [0.1, 0.15) is 11.1 Å². The van der Waals surface area contributed by atoms with Crippen molar-refractivity contribution >= 4 is 5.69 Å². The molecule has 0 unspecified atom stereocenters. The van der Waals surface area contributed by atoms with Gasteiger partial charge in [0.15, 0.2) is 0 Å². The molecule has 0 spiro atoms. The van der Waals surface area contributed by atoms with E-state index >= 15 is 0 Å². The number of ether oxygens (including phenoxy) is 1. The van der Waals surface area contributed by atoms with Crippen molar-refractivity contribution in [3.05, 3.63) is 59.4 Å². The molecule has 0 atom stereocenters. The molecule has 0 aliphatic carbocycles. The number of para-hydroxylation sites is 1. The van der Waals surface area contributed by atoms with Crippen molar-refractivity contribution < 1.29 is 9.13 Å². The lowest BCUT2D eigenvalue weighted by Crippen LogP contribution is -2.04. The molecule has 0 fully saturated rings. The van der Waals surface area contributed by atoms with Crippen molar-refractivity contribution in [3.8, 4) is 5.75 Å². The fourth-order valence-electron chi connectivity index (χ4n) is 1.76. The molecular weight excluding hydrogens is 229 g/mol. The molecule has 0 bridgehead atoms. The van der Waals surface area contributed by atoms with E-state index in [0.29, 0.717) is 18.8 Å². The van der Waals surface area contributed by atoms with E-state index in [9.17, 15) is 4.39 Å². The second kappa shape index (κ2) is 5.54. The number of benzene rings is 2. The van der Waals surface area contributed by atoms with Crippen LogP contribution in [0.25, 0.3) is 0 Å². The lowest BCUT2D eigenvalue weighted by Gasteiger charge is -2.10. The Bertz CT molecular complexity index is 540. The van der Waals surface area contributed by atoms with Gasteiger partial charge in [-0.05, 0) is 30.2 Å². The fourth-order valence-corrected chi connectivity index (χ4v) is 1.76. The van der Waals surface area contributed by atoms with Crippen LogP contribution in [0.15, 0.2) is 42.5 Å². The first-order valence-corrected chi connectivity index (χ1v) is 5.89. The van der Waals surface area contributed by atoms with Crippen LogP contribution < -0.4 is 10.5 Å². The van der Waals surface area contributed by atoms with Gasteiger partial charge in [0, 0.05) is 18.2 Å². The minimum atomic E-state index is -0.283. The summed E-state index contributed by atoms with van der Waals surface area (Å²) in [6.45, 7) is 2.38. The molecule has 2 aromatic carbocycles. The lowest BCUT2D eigenvalue weighted by molar-refractivity contribution is 0.318. The zero-order valence-electron chi connectivity index (χ0n) is 10.3. The van der Waals surface area contributed by atoms with Crippen LogP contribution in [0.4, 0.5) is 10.1 Å². The average Bonchev–Trinajstić information content (AvgIpc) is 2.36. The third kappa shape index (κ3) is 3.00. The van der Waals surface area contributed by atoms with Gasteiger partial charge in [-0.15, -0.1) is 0 Å². The third-order valence-corrected chi connectivity index (χ3v) is 2.83. The van der Waals surface area contributed by atoms with Gasteiger partial charge in [0.1, 0.15) is 11.6 Å².